The third-order valence-electron chi connectivity index (χ3n) is 3.97. The third-order valence-corrected chi connectivity index (χ3v) is 4.53. The Morgan fingerprint density at radius 1 is 1.19 bits per heavy atom. The minimum Gasteiger partial charge on any atom is -0.481 e. The van der Waals surface area contributed by atoms with E-state index in [0.717, 1.165) is 19.3 Å². The van der Waals surface area contributed by atoms with Gasteiger partial charge in [0.05, 0.1) is 16.1 Å². The Bertz CT molecular complexity index is 554. The molecule has 2 N–H and O–H groups in total. The number of benzene rings is 1. The summed E-state index contributed by atoms with van der Waals surface area (Å²) in [5, 5.41) is 13.0. The lowest BCUT2D eigenvalue weighted by atomic mass is 9.71. The number of halogens is 2. The number of aliphatic carboxylic acids is 1. The van der Waals surface area contributed by atoms with Crippen molar-refractivity contribution in [1.29, 1.82) is 0 Å². The predicted molar refractivity (Wildman–Crippen MR) is 82.9 cm³/mol. The van der Waals surface area contributed by atoms with Gasteiger partial charge in [0.25, 0.3) is 0 Å². The van der Waals surface area contributed by atoms with Gasteiger partial charge in [-0.2, -0.15) is 0 Å². The Labute approximate surface area is 133 Å². The van der Waals surface area contributed by atoms with E-state index < -0.39 is 11.4 Å². The number of nitrogens with one attached hydrogen (secondary N) is 1. The van der Waals surface area contributed by atoms with Crippen LogP contribution < -0.4 is 5.32 Å². The number of hydrogen-bond acceptors (Lipinski definition) is 2. The number of rotatable bonds is 4. The first-order valence-corrected chi connectivity index (χ1v) is 7.67. The average molecular weight is 330 g/mol. The highest BCUT2D eigenvalue weighted by atomic mass is 35.5. The number of carbonyl (C=O) groups is 2. The van der Waals surface area contributed by atoms with Crippen LogP contribution in [0.15, 0.2) is 18.2 Å². The van der Waals surface area contributed by atoms with E-state index >= 15 is 0 Å². The highest BCUT2D eigenvalue weighted by Crippen LogP contribution is 2.40. The van der Waals surface area contributed by atoms with Gasteiger partial charge in [-0.25, -0.2) is 0 Å². The van der Waals surface area contributed by atoms with E-state index in [1.165, 1.54) is 0 Å². The van der Waals surface area contributed by atoms with Gasteiger partial charge in [0.15, 0.2) is 0 Å². The first-order valence-electron chi connectivity index (χ1n) is 6.91. The van der Waals surface area contributed by atoms with E-state index in [0.29, 0.717) is 28.6 Å². The number of carboxylic acid groups (broad SMARTS) is 1. The summed E-state index contributed by atoms with van der Waals surface area (Å²) >= 11 is 11.9. The van der Waals surface area contributed by atoms with E-state index in [2.05, 4.69) is 5.32 Å². The van der Waals surface area contributed by atoms with Gasteiger partial charge >= 0.3 is 5.97 Å². The van der Waals surface area contributed by atoms with Crippen LogP contribution in [0.2, 0.25) is 10.0 Å². The summed E-state index contributed by atoms with van der Waals surface area (Å²) in [7, 11) is 0. The second-order valence-electron chi connectivity index (χ2n) is 5.50. The molecule has 114 valence electrons. The molecule has 0 aromatic heterocycles. The van der Waals surface area contributed by atoms with E-state index in [1.807, 2.05) is 0 Å². The maximum atomic E-state index is 12.2. The van der Waals surface area contributed by atoms with Crippen molar-refractivity contribution >= 4 is 40.8 Å². The quantitative estimate of drug-likeness (QED) is 0.862. The van der Waals surface area contributed by atoms with Crippen LogP contribution in [-0.2, 0) is 9.59 Å². The lowest BCUT2D eigenvalue weighted by Gasteiger charge is -2.32. The molecule has 6 heteroatoms. The molecule has 2 rings (SSSR count). The molecule has 1 amide bonds. The summed E-state index contributed by atoms with van der Waals surface area (Å²) in [6.07, 6.45) is 3.76. The van der Waals surface area contributed by atoms with Gasteiger partial charge in [-0.3, -0.25) is 9.59 Å². The first-order chi connectivity index (χ1) is 9.93. The molecule has 0 unspecified atom stereocenters. The zero-order chi connectivity index (χ0) is 15.5. The van der Waals surface area contributed by atoms with E-state index in [-0.39, 0.29) is 12.3 Å². The molecule has 1 fully saturated rings. The molecule has 0 spiro atoms. The van der Waals surface area contributed by atoms with Crippen LogP contribution in [0, 0.1) is 5.41 Å². The van der Waals surface area contributed by atoms with Crippen LogP contribution >= 0.6 is 23.2 Å². The number of hydrogen-bond donors (Lipinski definition) is 2. The Morgan fingerprint density at radius 2 is 1.86 bits per heavy atom. The van der Waals surface area contributed by atoms with Crippen LogP contribution in [0.25, 0.3) is 0 Å². The van der Waals surface area contributed by atoms with Crippen LogP contribution in [0.1, 0.15) is 38.5 Å². The van der Waals surface area contributed by atoms with Crippen molar-refractivity contribution in [3.05, 3.63) is 28.2 Å². The average Bonchev–Trinajstić information content (AvgIpc) is 2.43. The van der Waals surface area contributed by atoms with Crippen molar-refractivity contribution in [2.24, 2.45) is 5.41 Å². The molecular weight excluding hydrogens is 313 g/mol. The second-order valence-corrected chi connectivity index (χ2v) is 6.34. The maximum Gasteiger partial charge on any atom is 0.310 e. The first kappa shape index (κ1) is 16.1. The lowest BCUT2D eigenvalue weighted by molar-refractivity contribution is -0.153. The Hall–Kier alpha value is -1.26. The van der Waals surface area contributed by atoms with Crippen LogP contribution in [0.4, 0.5) is 5.69 Å². The number of carboxylic acids is 1. The third kappa shape index (κ3) is 3.89. The van der Waals surface area contributed by atoms with Crippen molar-refractivity contribution in [1.82, 2.24) is 0 Å². The van der Waals surface area contributed by atoms with Crippen molar-refractivity contribution < 1.29 is 14.7 Å². The molecular formula is C15H17Cl2NO3. The topological polar surface area (TPSA) is 66.4 Å². The van der Waals surface area contributed by atoms with Gasteiger partial charge < -0.3 is 10.4 Å². The molecule has 0 atom stereocenters. The summed E-state index contributed by atoms with van der Waals surface area (Å²) < 4.78 is 0. The summed E-state index contributed by atoms with van der Waals surface area (Å²) in [5.74, 6) is -1.24. The minimum absolute atomic E-state index is 0.0365. The molecule has 1 aromatic carbocycles. The van der Waals surface area contributed by atoms with Crippen molar-refractivity contribution in [2.45, 2.75) is 38.5 Å². The van der Waals surface area contributed by atoms with Gasteiger partial charge in [0, 0.05) is 11.4 Å². The van der Waals surface area contributed by atoms with Gasteiger partial charge in [0.2, 0.25) is 5.91 Å². The molecule has 21 heavy (non-hydrogen) atoms. The van der Waals surface area contributed by atoms with Crippen molar-refractivity contribution in [3.63, 3.8) is 0 Å². The highest BCUT2D eigenvalue weighted by molar-refractivity contribution is 6.35. The van der Waals surface area contributed by atoms with Crippen LogP contribution in [0.3, 0.4) is 0 Å². The molecule has 4 nitrogen and oxygen atoms in total. The molecule has 1 aliphatic rings. The molecule has 0 heterocycles. The van der Waals surface area contributed by atoms with Crippen LogP contribution in [0.5, 0.6) is 0 Å². The Morgan fingerprint density at radius 3 is 2.48 bits per heavy atom. The molecule has 1 aliphatic carbocycles. The van der Waals surface area contributed by atoms with Gasteiger partial charge in [-0.1, -0.05) is 42.5 Å². The number of carbonyl (C=O) groups excluding carboxylic acids is 1. The van der Waals surface area contributed by atoms with E-state index in [9.17, 15) is 14.7 Å². The minimum atomic E-state index is -0.951. The fourth-order valence-corrected chi connectivity index (χ4v) is 3.13. The zero-order valence-electron chi connectivity index (χ0n) is 11.5. The smallest absolute Gasteiger partial charge is 0.310 e. The number of anilines is 1. The van der Waals surface area contributed by atoms with Crippen molar-refractivity contribution in [3.8, 4) is 0 Å². The Balaban J connectivity index is 2.09. The molecule has 1 saturated carbocycles. The molecule has 0 radical (unpaired) electrons. The standard InChI is InChI=1S/C15H17Cl2NO3/c16-10-4-5-11(17)12(8-10)18-13(19)9-15(14(20)21)6-2-1-3-7-15/h4-5,8H,1-3,6-7,9H2,(H,18,19)(H,20,21). The molecule has 1 aromatic rings. The van der Waals surface area contributed by atoms with E-state index in [1.54, 1.807) is 18.2 Å². The summed E-state index contributed by atoms with van der Waals surface area (Å²) in [4.78, 5) is 23.7. The molecule has 0 aliphatic heterocycles. The molecule has 0 bridgehead atoms. The van der Waals surface area contributed by atoms with E-state index in [4.69, 9.17) is 23.2 Å². The van der Waals surface area contributed by atoms with Crippen molar-refractivity contribution in [2.75, 3.05) is 5.32 Å². The highest BCUT2D eigenvalue weighted by Gasteiger charge is 2.41. The fraction of sp³-hybridized carbons (Fsp3) is 0.467. The summed E-state index contributed by atoms with van der Waals surface area (Å²) in [6, 6.07) is 4.77. The van der Waals surface area contributed by atoms with Gasteiger partial charge in [0.1, 0.15) is 0 Å². The fourth-order valence-electron chi connectivity index (χ4n) is 2.79. The monoisotopic (exact) mass is 329 g/mol. The largest absolute Gasteiger partial charge is 0.481 e. The number of amides is 1. The zero-order valence-corrected chi connectivity index (χ0v) is 13.0. The molecule has 0 saturated heterocycles. The second kappa shape index (κ2) is 6.67. The Kier molecular flexibility index (Phi) is 5.12. The lowest BCUT2D eigenvalue weighted by Crippen LogP contribution is -2.37. The van der Waals surface area contributed by atoms with Gasteiger partial charge in [-0.15, -0.1) is 0 Å². The summed E-state index contributed by atoms with van der Waals surface area (Å²) in [5.41, 5.74) is -0.543. The summed E-state index contributed by atoms with van der Waals surface area (Å²) in [6.45, 7) is 0. The normalized spacial score (nSPS) is 17.2. The maximum absolute atomic E-state index is 12.2. The predicted octanol–water partition coefficient (Wildman–Crippen LogP) is 4.36. The SMILES string of the molecule is O=C(CC1(C(=O)O)CCCCC1)Nc1cc(Cl)ccc1Cl. The van der Waals surface area contributed by atoms with Crippen LogP contribution in [-0.4, -0.2) is 17.0 Å². The van der Waals surface area contributed by atoms with Gasteiger partial charge in [-0.05, 0) is 31.0 Å².